The molecule has 20 heavy (non-hydrogen) atoms. The zero-order valence-corrected chi connectivity index (χ0v) is 11.5. The fourth-order valence-electron chi connectivity index (χ4n) is 1.64. The van der Waals surface area contributed by atoms with E-state index in [2.05, 4.69) is 4.74 Å². The zero-order valence-electron chi connectivity index (χ0n) is 10.7. The quantitative estimate of drug-likeness (QED) is 0.629. The van der Waals surface area contributed by atoms with Gasteiger partial charge in [0.25, 0.3) is 0 Å². The van der Waals surface area contributed by atoms with Crippen molar-refractivity contribution in [2.24, 2.45) is 0 Å². The second kappa shape index (κ2) is 6.52. The molecule has 2 nitrogen and oxygen atoms in total. The molecule has 0 atom stereocenters. The molecule has 0 saturated heterocycles. The van der Waals surface area contributed by atoms with Crippen LogP contribution in [0.4, 0.5) is 8.78 Å². The lowest BCUT2D eigenvalue weighted by Gasteiger charge is -2.07. The monoisotopic (exact) mass is 294 g/mol. The van der Waals surface area contributed by atoms with E-state index in [9.17, 15) is 13.6 Å². The number of ether oxygens (including phenoxy) is 1. The number of carbonyl (C=O) groups excluding carboxylic acids is 1. The van der Waals surface area contributed by atoms with E-state index < -0.39 is 23.2 Å². The number of hydrogen-bond donors (Lipinski definition) is 0. The van der Waals surface area contributed by atoms with E-state index in [1.165, 1.54) is 11.8 Å². The standard InChI is InChI=1S/C15H12F2O2S/c1-19-15(18)11-7-13(17)14(8-12(11)16)20-9-10-5-3-2-4-6-10/h2-8H,9H2,1H3. The Bertz CT molecular complexity index is 615. The first-order valence-corrected chi connectivity index (χ1v) is 6.84. The second-order valence-corrected chi connectivity index (χ2v) is 5.05. The summed E-state index contributed by atoms with van der Waals surface area (Å²) in [6, 6.07) is 11.4. The molecule has 0 radical (unpaired) electrons. The van der Waals surface area contributed by atoms with E-state index in [1.807, 2.05) is 30.3 Å². The maximum absolute atomic E-state index is 13.8. The number of esters is 1. The lowest BCUT2D eigenvalue weighted by molar-refractivity contribution is 0.0594. The van der Waals surface area contributed by atoms with Crippen LogP contribution in [0.2, 0.25) is 0 Å². The third kappa shape index (κ3) is 3.36. The maximum atomic E-state index is 13.8. The first-order chi connectivity index (χ1) is 9.61. The first kappa shape index (κ1) is 14.5. The molecule has 104 valence electrons. The van der Waals surface area contributed by atoms with Crippen LogP contribution >= 0.6 is 11.8 Å². The molecule has 0 aliphatic carbocycles. The van der Waals surface area contributed by atoms with Crippen LogP contribution in [0.3, 0.4) is 0 Å². The van der Waals surface area contributed by atoms with Crippen molar-refractivity contribution >= 4 is 17.7 Å². The molecule has 5 heteroatoms. The fourth-order valence-corrected chi connectivity index (χ4v) is 2.54. The topological polar surface area (TPSA) is 26.3 Å². The molecule has 0 spiro atoms. The molecule has 0 heterocycles. The number of thioether (sulfide) groups is 1. The molecular formula is C15H12F2O2S. The van der Waals surface area contributed by atoms with Gasteiger partial charge in [-0.3, -0.25) is 0 Å². The van der Waals surface area contributed by atoms with Crippen LogP contribution in [0.1, 0.15) is 15.9 Å². The number of hydrogen-bond acceptors (Lipinski definition) is 3. The molecule has 0 aromatic heterocycles. The predicted octanol–water partition coefficient (Wildman–Crippen LogP) is 4.04. The Morgan fingerprint density at radius 1 is 1.15 bits per heavy atom. The summed E-state index contributed by atoms with van der Waals surface area (Å²) < 4.78 is 31.9. The smallest absolute Gasteiger partial charge is 0.340 e. The Morgan fingerprint density at radius 3 is 2.50 bits per heavy atom. The highest BCUT2D eigenvalue weighted by Crippen LogP contribution is 2.28. The van der Waals surface area contributed by atoms with Gasteiger partial charge in [-0.15, -0.1) is 11.8 Å². The van der Waals surface area contributed by atoms with E-state index in [1.54, 1.807) is 0 Å². The van der Waals surface area contributed by atoms with Gasteiger partial charge < -0.3 is 4.74 Å². The molecule has 0 aliphatic rings. The van der Waals surface area contributed by atoms with Crippen LogP contribution in [0.5, 0.6) is 0 Å². The highest BCUT2D eigenvalue weighted by atomic mass is 32.2. The average molecular weight is 294 g/mol. The van der Waals surface area contributed by atoms with Gasteiger partial charge in [0.05, 0.1) is 12.7 Å². The van der Waals surface area contributed by atoms with Gasteiger partial charge in [-0.05, 0) is 17.7 Å². The summed E-state index contributed by atoms with van der Waals surface area (Å²) >= 11 is 1.18. The van der Waals surface area contributed by atoms with Gasteiger partial charge in [0.2, 0.25) is 0 Å². The third-order valence-corrected chi connectivity index (χ3v) is 3.77. The third-order valence-electron chi connectivity index (χ3n) is 2.66. The molecule has 0 saturated carbocycles. The van der Waals surface area contributed by atoms with Crippen molar-refractivity contribution in [3.8, 4) is 0 Å². The summed E-state index contributed by atoms with van der Waals surface area (Å²) in [5.41, 5.74) is 0.614. The van der Waals surface area contributed by atoms with Gasteiger partial charge in [-0.2, -0.15) is 0 Å². The number of halogens is 2. The van der Waals surface area contributed by atoms with Crippen LogP contribution in [-0.4, -0.2) is 13.1 Å². The summed E-state index contributed by atoms with van der Waals surface area (Å²) in [6.07, 6.45) is 0. The van der Waals surface area contributed by atoms with Crippen LogP contribution < -0.4 is 0 Å². The average Bonchev–Trinajstić information content (AvgIpc) is 2.48. The molecule has 0 aliphatic heterocycles. The maximum Gasteiger partial charge on any atom is 0.340 e. The normalized spacial score (nSPS) is 10.3. The summed E-state index contributed by atoms with van der Waals surface area (Å²) in [5, 5.41) is 0. The van der Waals surface area contributed by atoms with Crippen molar-refractivity contribution in [3.05, 3.63) is 65.2 Å². The molecular weight excluding hydrogens is 282 g/mol. The summed E-state index contributed by atoms with van der Waals surface area (Å²) in [6.45, 7) is 0. The second-order valence-electron chi connectivity index (χ2n) is 4.03. The molecule has 2 rings (SSSR count). The van der Waals surface area contributed by atoms with Crippen molar-refractivity contribution in [1.82, 2.24) is 0 Å². The minimum atomic E-state index is -0.888. The summed E-state index contributed by atoms with van der Waals surface area (Å²) in [7, 11) is 1.12. The largest absolute Gasteiger partial charge is 0.465 e. The fraction of sp³-hybridized carbons (Fsp3) is 0.133. The highest BCUT2D eigenvalue weighted by molar-refractivity contribution is 7.98. The van der Waals surface area contributed by atoms with Gasteiger partial charge in [0.15, 0.2) is 0 Å². The van der Waals surface area contributed by atoms with Gasteiger partial charge >= 0.3 is 5.97 Å². The molecule has 0 fully saturated rings. The molecule has 2 aromatic carbocycles. The van der Waals surface area contributed by atoms with Crippen molar-refractivity contribution in [1.29, 1.82) is 0 Å². The lowest BCUT2D eigenvalue weighted by atomic mass is 10.2. The number of methoxy groups -OCH3 is 1. The van der Waals surface area contributed by atoms with E-state index in [4.69, 9.17) is 0 Å². The Balaban J connectivity index is 2.17. The minimum absolute atomic E-state index is 0.166. The first-order valence-electron chi connectivity index (χ1n) is 5.86. The Morgan fingerprint density at radius 2 is 1.85 bits per heavy atom. The van der Waals surface area contributed by atoms with E-state index in [0.717, 1.165) is 24.8 Å². The Kier molecular flexibility index (Phi) is 4.74. The Hall–Kier alpha value is -1.88. The van der Waals surface area contributed by atoms with Crippen molar-refractivity contribution in [3.63, 3.8) is 0 Å². The molecule has 0 amide bonds. The molecule has 2 aromatic rings. The number of benzene rings is 2. The highest BCUT2D eigenvalue weighted by Gasteiger charge is 2.16. The van der Waals surface area contributed by atoms with Gasteiger partial charge in [0.1, 0.15) is 11.6 Å². The number of rotatable bonds is 4. The van der Waals surface area contributed by atoms with E-state index >= 15 is 0 Å². The van der Waals surface area contributed by atoms with Gasteiger partial charge in [0, 0.05) is 10.6 Å². The van der Waals surface area contributed by atoms with Crippen LogP contribution in [0.25, 0.3) is 0 Å². The summed E-state index contributed by atoms with van der Waals surface area (Å²) in [4.78, 5) is 11.4. The van der Waals surface area contributed by atoms with Crippen LogP contribution in [0, 0.1) is 11.6 Å². The molecule has 0 unspecified atom stereocenters. The summed E-state index contributed by atoms with van der Waals surface area (Å²) in [5.74, 6) is -1.78. The van der Waals surface area contributed by atoms with Gasteiger partial charge in [-0.1, -0.05) is 30.3 Å². The lowest BCUT2D eigenvalue weighted by Crippen LogP contribution is -2.05. The van der Waals surface area contributed by atoms with Crippen molar-refractivity contribution in [2.45, 2.75) is 10.6 Å². The van der Waals surface area contributed by atoms with Crippen molar-refractivity contribution < 1.29 is 18.3 Å². The molecule has 0 N–H and O–H groups in total. The Labute approximate surface area is 119 Å². The predicted molar refractivity (Wildman–Crippen MR) is 73.7 cm³/mol. The zero-order chi connectivity index (χ0) is 14.5. The van der Waals surface area contributed by atoms with Crippen molar-refractivity contribution in [2.75, 3.05) is 7.11 Å². The SMILES string of the molecule is COC(=O)c1cc(F)c(SCc2ccccc2)cc1F. The van der Waals surface area contributed by atoms with Gasteiger partial charge in [-0.25, -0.2) is 13.6 Å². The van der Waals surface area contributed by atoms with E-state index in [0.29, 0.717) is 5.75 Å². The van der Waals surface area contributed by atoms with Crippen LogP contribution in [-0.2, 0) is 10.5 Å². The molecule has 0 bridgehead atoms. The minimum Gasteiger partial charge on any atom is -0.465 e. The van der Waals surface area contributed by atoms with E-state index in [-0.39, 0.29) is 4.90 Å². The number of carbonyl (C=O) groups is 1. The van der Waals surface area contributed by atoms with Crippen LogP contribution in [0.15, 0.2) is 47.4 Å².